The number of hydrogen-bond donors (Lipinski definition) is 6. The molecule has 1 aliphatic carbocycles. The number of carbonyl (C=O) groups excluding carboxylic acids is 2. The van der Waals surface area contributed by atoms with Gasteiger partial charge in [0.05, 0.1) is 30.5 Å². The number of halogens is 1. The van der Waals surface area contributed by atoms with Gasteiger partial charge < -0.3 is 39.5 Å². The molecule has 0 radical (unpaired) electrons. The summed E-state index contributed by atoms with van der Waals surface area (Å²) in [4.78, 5) is 48.9. The van der Waals surface area contributed by atoms with Crippen LogP contribution in [0, 0.1) is 0 Å². The molecule has 0 bridgehead atoms. The number of aliphatic hydroxyl groups is 2. The minimum absolute atomic E-state index is 0.141. The van der Waals surface area contributed by atoms with Gasteiger partial charge in [-0.3, -0.25) is 18.9 Å². The van der Waals surface area contributed by atoms with Crippen LogP contribution in [0.15, 0.2) is 16.6 Å². The van der Waals surface area contributed by atoms with E-state index in [1.54, 1.807) is 6.07 Å². The van der Waals surface area contributed by atoms with Gasteiger partial charge in [-0.05, 0) is 18.9 Å². The van der Waals surface area contributed by atoms with Crippen LogP contribution < -0.4 is 10.0 Å². The van der Waals surface area contributed by atoms with Crippen molar-refractivity contribution in [2.45, 2.75) is 68.5 Å². The lowest BCUT2D eigenvalue weighted by Gasteiger charge is -2.31. The standard InChI is InChI=1S/C23H34ClN6O11PS/c1-12(31)28-43(3,38)29-22(34)23(11-39-2,42(35,36)37)40-10-16-18(32)19(33)21(41-16)30-20-14(9-25-30)15(8-17(24)27-20)26-13-6-4-5-7-13/h8-9,13,16,18-19,21,32-33H,4-7,10-11H2,1-3H3,(H,26,27)(H2,35,36,37)(H,28,29,31,34,38)/t16-,18-,19-,21-,23+,43?/m1/s1. The number of nitrogens with one attached hydrogen (secondary N) is 2. The summed E-state index contributed by atoms with van der Waals surface area (Å²) in [5.74, 6) is -2.50. The summed E-state index contributed by atoms with van der Waals surface area (Å²) in [6.45, 7) is -0.908. The maximum Gasteiger partial charge on any atom is 0.369 e. The molecule has 2 amide bonds. The van der Waals surface area contributed by atoms with Crippen LogP contribution in [0.25, 0.3) is 11.0 Å². The molecule has 240 valence electrons. The van der Waals surface area contributed by atoms with E-state index in [9.17, 15) is 38.4 Å². The number of hydrogen-bond acceptors (Lipinski definition) is 12. The third-order valence-electron chi connectivity index (χ3n) is 7.05. The lowest BCUT2D eigenvalue weighted by Crippen LogP contribution is -2.48. The highest BCUT2D eigenvalue weighted by Crippen LogP contribution is 2.53. The first kappa shape index (κ1) is 33.6. The van der Waals surface area contributed by atoms with Crippen molar-refractivity contribution in [3.8, 4) is 0 Å². The van der Waals surface area contributed by atoms with Gasteiger partial charge in [0.15, 0.2) is 11.9 Å². The van der Waals surface area contributed by atoms with Crippen LogP contribution >= 0.6 is 19.2 Å². The summed E-state index contributed by atoms with van der Waals surface area (Å²) < 4.78 is 47.6. The third kappa shape index (κ3) is 7.19. The lowest BCUT2D eigenvalue weighted by atomic mass is 10.1. The number of nitrogens with zero attached hydrogens (tertiary/aromatic N) is 4. The summed E-state index contributed by atoms with van der Waals surface area (Å²) in [5, 5.41) is 26.9. The van der Waals surface area contributed by atoms with Crippen LogP contribution in [0.3, 0.4) is 0 Å². The van der Waals surface area contributed by atoms with Crippen molar-refractivity contribution in [2.75, 3.05) is 31.9 Å². The van der Waals surface area contributed by atoms with E-state index >= 15 is 0 Å². The summed E-state index contributed by atoms with van der Waals surface area (Å²) in [5.41, 5.74) is 0.917. The fourth-order valence-electron chi connectivity index (χ4n) is 5.04. The highest BCUT2D eigenvalue weighted by Gasteiger charge is 2.57. The molecule has 6 atom stereocenters. The number of pyridine rings is 1. The van der Waals surface area contributed by atoms with Gasteiger partial charge in [0.2, 0.25) is 5.91 Å². The van der Waals surface area contributed by atoms with Crippen LogP contribution in [0.5, 0.6) is 0 Å². The average molecular weight is 669 g/mol. The van der Waals surface area contributed by atoms with Crippen LogP contribution in [-0.4, -0.2) is 107 Å². The number of aliphatic hydroxyl groups excluding tert-OH is 2. The molecular weight excluding hydrogens is 635 g/mol. The van der Waals surface area contributed by atoms with Gasteiger partial charge in [-0.2, -0.15) is 5.10 Å². The second-order valence-electron chi connectivity index (χ2n) is 10.4. The summed E-state index contributed by atoms with van der Waals surface area (Å²) >= 11 is 6.28. The SMILES string of the molecule is COC[C@@](OC[C@H]1O[C@@H](n2ncc3c(NC4CCCC4)cc(Cl)nc32)[C@H](O)[C@@H]1O)(C(=O)N=S(C)(=O)NC(C)=O)P(=O)(O)O. The predicted octanol–water partition coefficient (Wildman–Crippen LogP) is 0.271. The Kier molecular flexibility index (Phi) is 10.2. The Bertz CT molecular complexity index is 1540. The number of amides is 2. The smallest absolute Gasteiger partial charge is 0.369 e. The van der Waals surface area contributed by atoms with E-state index < -0.39 is 72.4 Å². The topological polar surface area (TPSA) is 244 Å². The van der Waals surface area contributed by atoms with Gasteiger partial charge in [-0.15, -0.1) is 4.36 Å². The van der Waals surface area contributed by atoms with E-state index in [2.05, 4.69) is 19.8 Å². The third-order valence-corrected chi connectivity index (χ3v) is 9.81. The van der Waals surface area contributed by atoms with Crippen molar-refractivity contribution in [3.63, 3.8) is 0 Å². The molecule has 2 aliphatic rings. The molecule has 1 aliphatic heterocycles. The number of aromatic nitrogens is 3. The highest BCUT2D eigenvalue weighted by molar-refractivity contribution is 7.91. The van der Waals surface area contributed by atoms with Crippen molar-refractivity contribution in [1.82, 2.24) is 19.5 Å². The molecule has 1 saturated heterocycles. The molecular formula is C23H34ClN6O11PS. The van der Waals surface area contributed by atoms with E-state index in [0.717, 1.165) is 46.0 Å². The van der Waals surface area contributed by atoms with Crippen LogP contribution in [0.4, 0.5) is 5.69 Å². The minimum Gasteiger partial charge on any atom is -0.387 e. The van der Waals surface area contributed by atoms with E-state index in [-0.39, 0.29) is 16.8 Å². The molecule has 2 aromatic rings. The zero-order chi connectivity index (χ0) is 31.7. The van der Waals surface area contributed by atoms with Crippen molar-refractivity contribution < 1.29 is 52.6 Å². The number of methoxy groups -OCH3 is 1. The molecule has 2 aromatic heterocycles. The molecule has 1 unspecified atom stereocenters. The first-order chi connectivity index (χ1) is 20.1. The Morgan fingerprint density at radius 2 is 1.98 bits per heavy atom. The molecule has 0 aromatic carbocycles. The van der Waals surface area contributed by atoms with Gasteiger partial charge in [0.25, 0.3) is 5.34 Å². The van der Waals surface area contributed by atoms with Crippen molar-refractivity contribution in [1.29, 1.82) is 0 Å². The van der Waals surface area contributed by atoms with Crippen LogP contribution in [-0.2, 0) is 38.3 Å². The van der Waals surface area contributed by atoms with Gasteiger partial charge in [-0.1, -0.05) is 24.4 Å². The van der Waals surface area contributed by atoms with E-state index in [0.29, 0.717) is 11.1 Å². The fourth-order valence-corrected chi connectivity index (χ4v) is 7.18. The molecule has 20 heteroatoms. The molecule has 1 saturated carbocycles. The van der Waals surface area contributed by atoms with Gasteiger partial charge in [0, 0.05) is 26.3 Å². The molecule has 0 spiro atoms. The number of rotatable bonds is 11. The number of fused-ring (bicyclic) bond motifs is 1. The first-order valence-corrected chi connectivity index (χ1v) is 17.0. The minimum atomic E-state index is -5.59. The van der Waals surface area contributed by atoms with Crippen LogP contribution in [0.2, 0.25) is 5.15 Å². The molecule has 4 rings (SSSR count). The number of anilines is 1. The quantitative estimate of drug-likeness (QED) is 0.139. The second-order valence-corrected chi connectivity index (χ2v) is 14.6. The Hall–Kier alpha value is -2.25. The maximum atomic E-state index is 13.0. The monoisotopic (exact) mass is 668 g/mol. The Balaban J connectivity index is 1.60. The highest BCUT2D eigenvalue weighted by atomic mass is 35.5. The predicted molar refractivity (Wildman–Crippen MR) is 152 cm³/mol. The van der Waals surface area contributed by atoms with Crippen LogP contribution in [0.1, 0.15) is 38.8 Å². The number of ether oxygens (including phenoxy) is 3. The molecule has 17 nitrogen and oxygen atoms in total. The first-order valence-electron chi connectivity index (χ1n) is 13.1. The van der Waals surface area contributed by atoms with Gasteiger partial charge in [-0.25, -0.2) is 13.9 Å². The Morgan fingerprint density at radius 1 is 1.30 bits per heavy atom. The zero-order valence-corrected chi connectivity index (χ0v) is 25.9. The average Bonchev–Trinajstić information content (AvgIpc) is 3.61. The lowest BCUT2D eigenvalue weighted by molar-refractivity contribution is -0.149. The van der Waals surface area contributed by atoms with Crippen molar-refractivity contribution >= 4 is 57.6 Å². The zero-order valence-electron chi connectivity index (χ0n) is 23.5. The Morgan fingerprint density at radius 3 is 2.58 bits per heavy atom. The Labute approximate surface area is 251 Å². The second kappa shape index (κ2) is 13.0. The van der Waals surface area contributed by atoms with E-state index in [4.69, 9.17) is 25.8 Å². The van der Waals surface area contributed by atoms with Crippen molar-refractivity contribution in [2.24, 2.45) is 4.36 Å². The number of carbonyl (C=O) groups is 2. The molecule has 43 heavy (non-hydrogen) atoms. The maximum absolute atomic E-state index is 13.0. The summed E-state index contributed by atoms with van der Waals surface area (Å²) in [6.07, 6.45) is 0.457. The van der Waals surface area contributed by atoms with Crippen molar-refractivity contribution in [3.05, 3.63) is 17.4 Å². The van der Waals surface area contributed by atoms with E-state index in [1.807, 2.05) is 4.72 Å². The fraction of sp³-hybridized carbons (Fsp3) is 0.652. The largest absolute Gasteiger partial charge is 0.387 e. The summed E-state index contributed by atoms with van der Waals surface area (Å²) in [6, 6.07) is 1.91. The summed E-state index contributed by atoms with van der Waals surface area (Å²) in [7, 11) is -8.35. The molecule has 6 N–H and O–H groups in total. The van der Waals surface area contributed by atoms with Gasteiger partial charge in [0.1, 0.15) is 33.4 Å². The molecule has 3 heterocycles. The normalized spacial score (nSPS) is 25.8. The molecule has 2 fully saturated rings. The van der Waals surface area contributed by atoms with E-state index in [1.165, 1.54) is 10.9 Å². The van der Waals surface area contributed by atoms with Gasteiger partial charge >= 0.3 is 13.5 Å².